The smallest absolute Gasteiger partial charge is 0.139 e. The third kappa shape index (κ3) is 4.35. The summed E-state index contributed by atoms with van der Waals surface area (Å²) in [7, 11) is 0. The van der Waals surface area contributed by atoms with Gasteiger partial charge in [-0.3, -0.25) is 5.41 Å². The van der Waals surface area contributed by atoms with Gasteiger partial charge in [0.1, 0.15) is 22.4 Å². The summed E-state index contributed by atoms with van der Waals surface area (Å²) in [6.07, 6.45) is 0. The number of rotatable bonds is 6. The normalized spacial score (nSPS) is 14.1. The maximum absolute atomic E-state index is 10.6. The standard InChI is InChI=1S/C25H27N3O2S/c1-15(2)13-30-20-9-7-19(8-10-20)28-12-22(29)23(24(28)26)25-27-21(14-31-25)18-6-5-16(3)17(4)11-18/h5-11,14-15,26,29H,12-13H2,1-4H3. The number of hydrogen-bond donors (Lipinski definition) is 2. The van der Waals surface area contributed by atoms with E-state index in [0.29, 0.717) is 23.1 Å². The Bertz CT molecular complexity index is 1150. The van der Waals surface area contributed by atoms with Crippen LogP contribution in [0.5, 0.6) is 5.75 Å². The molecule has 1 aliphatic rings. The molecule has 0 spiro atoms. The van der Waals surface area contributed by atoms with Crippen LogP contribution in [0.25, 0.3) is 16.8 Å². The Kier molecular flexibility index (Phi) is 5.83. The van der Waals surface area contributed by atoms with Crippen LogP contribution >= 0.6 is 11.3 Å². The first-order valence-electron chi connectivity index (χ1n) is 10.4. The lowest BCUT2D eigenvalue weighted by Crippen LogP contribution is -2.25. The van der Waals surface area contributed by atoms with Crippen LogP contribution in [0.3, 0.4) is 0 Å². The lowest BCUT2D eigenvalue weighted by atomic mass is 10.1. The number of aromatic nitrogens is 1. The zero-order valence-electron chi connectivity index (χ0n) is 18.3. The number of benzene rings is 2. The van der Waals surface area contributed by atoms with Crippen molar-refractivity contribution in [3.63, 3.8) is 0 Å². The summed E-state index contributed by atoms with van der Waals surface area (Å²) in [5.74, 6) is 1.70. The Morgan fingerprint density at radius 2 is 1.87 bits per heavy atom. The highest BCUT2D eigenvalue weighted by atomic mass is 32.1. The number of amidine groups is 1. The number of anilines is 1. The van der Waals surface area contributed by atoms with E-state index >= 15 is 0 Å². The minimum Gasteiger partial charge on any atom is -0.510 e. The molecule has 2 aromatic carbocycles. The SMILES string of the molecule is Cc1ccc(-c2csc(C3=C(O)CN(c4ccc(OCC(C)C)cc4)C3=N)n2)cc1C. The van der Waals surface area contributed by atoms with Crippen LogP contribution in [0, 0.1) is 25.2 Å². The Morgan fingerprint density at radius 1 is 1.13 bits per heavy atom. The fraction of sp³-hybridized carbons (Fsp3) is 0.280. The van der Waals surface area contributed by atoms with Crippen molar-refractivity contribution in [2.24, 2.45) is 5.92 Å². The Labute approximate surface area is 187 Å². The van der Waals surface area contributed by atoms with Crippen molar-refractivity contribution < 1.29 is 9.84 Å². The number of ether oxygens (including phenoxy) is 1. The van der Waals surface area contributed by atoms with Gasteiger partial charge in [0.15, 0.2) is 0 Å². The third-order valence-electron chi connectivity index (χ3n) is 5.36. The second-order valence-corrected chi connectivity index (χ2v) is 9.15. The summed E-state index contributed by atoms with van der Waals surface area (Å²) in [6, 6.07) is 13.9. The van der Waals surface area contributed by atoms with Crippen LogP contribution in [-0.4, -0.2) is 29.1 Å². The van der Waals surface area contributed by atoms with Crippen LogP contribution in [0.1, 0.15) is 30.0 Å². The van der Waals surface area contributed by atoms with Crippen LogP contribution in [-0.2, 0) is 0 Å². The fourth-order valence-corrected chi connectivity index (χ4v) is 4.33. The molecule has 31 heavy (non-hydrogen) atoms. The molecule has 160 valence electrons. The maximum atomic E-state index is 10.6. The molecule has 3 aromatic rings. The van der Waals surface area contributed by atoms with Crippen LogP contribution < -0.4 is 9.64 Å². The van der Waals surface area contributed by atoms with E-state index in [-0.39, 0.29) is 18.1 Å². The quantitative estimate of drug-likeness (QED) is 0.484. The van der Waals surface area contributed by atoms with Gasteiger partial charge >= 0.3 is 0 Å². The van der Waals surface area contributed by atoms with E-state index in [0.717, 1.165) is 22.7 Å². The molecular formula is C25H27N3O2S. The van der Waals surface area contributed by atoms with Gasteiger partial charge in [-0.25, -0.2) is 4.98 Å². The lowest BCUT2D eigenvalue weighted by Gasteiger charge is -2.19. The Morgan fingerprint density at radius 3 is 2.55 bits per heavy atom. The number of thiazole rings is 1. The van der Waals surface area contributed by atoms with E-state index < -0.39 is 0 Å². The number of nitrogens with one attached hydrogen (secondary N) is 1. The predicted molar refractivity (Wildman–Crippen MR) is 128 cm³/mol. The van der Waals surface area contributed by atoms with Gasteiger partial charge in [0.25, 0.3) is 0 Å². The predicted octanol–water partition coefficient (Wildman–Crippen LogP) is 6.23. The molecule has 0 saturated heterocycles. The molecule has 0 fully saturated rings. The van der Waals surface area contributed by atoms with Gasteiger partial charge in [0.05, 0.1) is 24.4 Å². The first-order valence-corrected chi connectivity index (χ1v) is 11.3. The largest absolute Gasteiger partial charge is 0.510 e. The monoisotopic (exact) mass is 433 g/mol. The van der Waals surface area contributed by atoms with Gasteiger partial charge in [-0.2, -0.15) is 0 Å². The van der Waals surface area contributed by atoms with E-state index in [4.69, 9.17) is 15.1 Å². The van der Waals surface area contributed by atoms with Crippen molar-refractivity contribution in [1.29, 1.82) is 5.41 Å². The summed E-state index contributed by atoms with van der Waals surface area (Å²) in [5.41, 5.74) is 5.71. The summed E-state index contributed by atoms with van der Waals surface area (Å²) in [6.45, 7) is 9.33. The van der Waals surface area contributed by atoms with Gasteiger partial charge in [0.2, 0.25) is 0 Å². The van der Waals surface area contributed by atoms with Gasteiger partial charge in [-0.15, -0.1) is 11.3 Å². The molecule has 1 aliphatic heterocycles. The first kappa shape index (κ1) is 21.1. The minimum absolute atomic E-state index is 0.172. The van der Waals surface area contributed by atoms with E-state index in [1.54, 1.807) is 4.90 Å². The molecule has 0 aliphatic carbocycles. The minimum atomic E-state index is 0.172. The highest BCUT2D eigenvalue weighted by molar-refractivity contribution is 7.11. The van der Waals surface area contributed by atoms with E-state index in [1.807, 2.05) is 29.6 Å². The number of aliphatic hydroxyl groups excluding tert-OH is 1. The molecule has 4 rings (SSSR count). The molecule has 6 heteroatoms. The van der Waals surface area contributed by atoms with Crippen molar-refractivity contribution in [1.82, 2.24) is 4.98 Å². The van der Waals surface area contributed by atoms with Crippen molar-refractivity contribution in [2.45, 2.75) is 27.7 Å². The molecule has 5 nitrogen and oxygen atoms in total. The molecule has 1 aromatic heterocycles. The number of aryl methyl sites for hydroxylation is 2. The third-order valence-corrected chi connectivity index (χ3v) is 6.22. The summed E-state index contributed by atoms with van der Waals surface area (Å²) in [5, 5.41) is 22.0. The number of nitrogens with zero attached hydrogens (tertiary/aromatic N) is 2. The molecule has 0 saturated carbocycles. The highest BCUT2D eigenvalue weighted by Crippen LogP contribution is 2.35. The molecule has 0 amide bonds. The van der Waals surface area contributed by atoms with Crippen LogP contribution in [0.4, 0.5) is 5.69 Å². The van der Waals surface area contributed by atoms with Crippen molar-refractivity contribution >= 4 is 28.4 Å². The molecule has 2 N–H and O–H groups in total. The van der Waals surface area contributed by atoms with Crippen LogP contribution in [0.15, 0.2) is 53.6 Å². The zero-order chi connectivity index (χ0) is 22.1. The summed E-state index contributed by atoms with van der Waals surface area (Å²) in [4.78, 5) is 6.52. The van der Waals surface area contributed by atoms with Gasteiger partial charge < -0.3 is 14.7 Å². The average molecular weight is 434 g/mol. The average Bonchev–Trinajstić information content (AvgIpc) is 3.33. The molecule has 0 bridgehead atoms. The molecule has 0 atom stereocenters. The molecule has 0 radical (unpaired) electrons. The molecular weight excluding hydrogens is 406 g/mol. The first-order chi connectivity index (χ1) is 14.8. The lowest BCUT2D eigenvalue weighted by molar-refractivity contribution is 0.271. The fourth-order valence-electron chi connectivity index (χ4n) is 3.43. The number of hydrogen-bond acceptors (Lipinski definition) is 5. The Hall–Kier alpha value is -3.12. The second-order valence-electron chi connectivity index (χ2n) is 8.29. The zero-order valence-corrected chi connectivity index (χ0v) is 19.1. The summed E-state index contributed by atoms with van der Waals surface area (Å²) < 4.78 is 5.74. The van der Waals surface area contributed by atoms with Gasteiger partial charge in [-0.1, -0.05) is 26.0 Å². The number of aliphatic hydroxyl groups is 1. The summed E-state index contributed by atoms with van der Waals surface area (Å²) >= 11 is 1.45. The Balaban J connectivity index is 1.53. The van der Waals surface area contributed by atoms with E-state index in [9.17, 15) is 5.11 Å². The van der Waals surface area contributed by atoms with Crippen LogP contribution in [0.2, 0.25) is 0 Å². The topological polar surface area (TPSA) is 69.4 Å². The highest BCUT2D eigenvalue weighted by Gasteiger charge is 2.31. The van der Waals surface area contributed by atoms with Gasteiger partial charge in [0, 0.05) is 16.6 Å². The van der Waals surface area contributed by atoms with Gasteiger partial charge in [-0.05, 0) is 61.2 Å². The van der Waals surface area contributed by atoms with Crippen molar-refractivity contribution in [3.05, 3.63) is 69.7 Å². The second kappa shape index (κ2) is 8.55. The van der Waals surface area contributed by atoms with E-state index in [2.05, 4.69) is 45.9 Å². The van der Waals surface area contributed by atoms with Crippen molar-refractivity contribution in [2.75, 3.05) is 18.1 Å². The molecule has 0 unspecified atom stereocenters. The maximum Gasteiger partial charge on any atom is 0.139 e. The van der Waals surface area contributed by atoms with Crippen molar-refractivity contribution in [3.8, 4) is 17.0 Å². The van der Waals surface area contributed by atoms with E-state index in [1.165, 1.54) is 22.5 Å². The molecule has 2 heterocycles.